The lowest BCUT2D eigenvalue weighted by atomic mass is 10.0. The number of benzene rings is 2. The summed E-state index contributed by atoms with van der Waals surface area (Å²) in [6.45, 7) is 3.79. The minimum Gasteiger partial charge on any atom is -0.488 e. The highest BCUT2D eigenvalue weighted by atomic mass is 16.5. The van der Waals surface area contributed by atoms with Crippen LogP contribution in [0, 0.1) is 0 Å². The van der Waals surface area contributed by atoms with Crippen molar-refractivity contribution in [3.05, 3.63) is 65.7 Å². The molecular weight excluding hydrogens is 278 g/mol. The smallest absolute Gasteiger partial charge is 0.193 e. The first-order valence-electron chi connectivity index (χ1n) is 7.49. The molecule has 0 saturated carbocycles. The molecule has 3 N–H and O–H groups in total. The van der Waals surface area contributed by atoms with Crippen LogP contribution in [0.1, 0.15) is 22.8 Å². The number of hydrogen-bond acceptors (Lipinski definition) is 3. The second-order valence-corrected chi connectivity index (χ2v) is 5.23. The summed E-state index contributed by atoms with van der Waals surface area (Å²) in [7, 11) is 0. The first kappa shape index (κ1) is 16.2. The predicted molar refractivity (Wildman–Crippen MR) is 85.2 cm³/mol. The molecule has 116 valence electrons. The number of ketones is 1. The molecule has 0 aliphatic heterocycles. The molecule has 2 rings (SSSR count). The van der Waals surface area contributed by atoms with Gasteiger partial charge in [0.2, 0.25) is 0 Å². The van der Waals surface area contributed by atoms with E-state index in [2.05, 4.69) is 0 Å². The number of hydrogen-bond donors (Lipinski definition) is 2. The molecule has 0 unspecified atom stereocenters. The molecule has 2 aromatic rings. The molecule has 22 heavy (non-hydrogen) atoms. The van der Waals surface area contributed by atoms with Crippen molar-refractivity contribution in [3.63, 3.8) is 0 Å². The second-order valence-electron chi connectivity index (χ2n) is 5.23. The summed E-state index contributed by atoms with van der Waals surface area (Å²) in [4.78, 5) is 12.3. The Bertz CT molecular complexity index is 579. The molecule has 0 radical (unpaired) electrons. The van der Waals surface area contributed by atoms with Crippen molar-refractivity contribution >= 4 is 5.78 Å². The van der Waals surface area contributed by atoms with Gasteiger partial charge in [-0.1, -0.05) is 30.3 Å². The zero-order valence-electron chi connectivity index (χ0n) is 12.7. The van der Waals surface area contributed by atoms with Gasteiger partial charge in [0.1, 0.15) is 25.4 Å². The summed E-state index contributed by atoms with van der Waals surface area (Å²) in [5.74, 6) is 0.757. The van der Waals surface area contributed by atoms with Gasteiger partial charge in [-0.3, -0.25) is 4.79 Å². The fourth-order valence-electron chi connectivity index (χ4n) is 2.08. The molecule has 0 bridgehead atoms. The zero-order chi connectivity index (χ0) is 15.8. The molecule has 4 heteroatoms. The van der Waals surface area contributed by atoms with Crippen LogP contribution in [0.15, 0.2) is 54.6 Å². The van der Waals surface area contributed by atoms with E-state index in [1.807, 2.05) is 47.8 Å². The summed E-state index contributed by atoms with van der Waals surface area (Å²) in [5.41, 5.74) is 1.34. The third-order valence-electron chi connectivity index (χ3n) is 3.25. The van der Waals surface area contributed by atoms with Gasteiger partial charge in [0, 0.05) is 11.1 Å². The topological polar surface area (TPSA) is 63.1 Å². The van der Waals surface area contributed by atoms with Gasteiger partial charge < -0.3 is 15.2 Å². The second kappa shape index (κ2) is 8.32. The van der Waals surface area contributed by atoms with E-state index in [9.17, 15) is 4.79 Å². The Kier molecular flexibility index (Phi) is 6.13. The third kappa shape index (κ3) is 4.98. The highest BCUT2D eigenvalue weighted by Gasteiger charge is 2.08. The number of carbonyl (C=O) groups excluding carboxylic acids is 1. The lowest BCUT2D eigenvalue weighted by Gasteiger charge is -2.07. The molecular formula is C18H22NO3+. The summed E-state index contributed by atoms with van der Waals surface area (Å²) in [6.07, 6.45) is -0.303. The number of nitrogens with two attached hydrogens (primary N) is 1. The van der Waals surface area contributed by atoms with Crippen LogP contribution < -0.4 is 10.1 Å². The SMILES string of the molecule is C[C@H](O)C[NH2+]CCOc1ccc(C(=O)c2ccccc2)cc1. The van der Waals surface area contributed by atoms with E-state index in [0.29, 0.717) is 24.3 Å². The molecule has 1 atom stereocenters. The lowest BCUT2D eigenvalue weighted by Crippen LogP contribution is -2.87. The van der Waals surface area contributed by atoms with Crippen molar-refractivity contribution < 1.29 is 20.0 Å². The highest BCUT2D eigenvalue weighted by Crippen LogP contribution is 2.15. The van der Waals surface area contributed by atoms with Crippen LogP contribution in [0.5, 0.6) is 5.75 Å². The molecule has 2 aromatic carbocycles. The highest BCUT2D eigenvalue weighted by molar-refractivity contribution is 6.08. The van der Waals surface area contributed by atoms with E-state index in [4.69, 9.17) is 9.84 Å². The van der Waals surface area contributed by atoms with Crippen LogP contribution in [0.3, 0.4) is 0 Å². The standard InChI is InChI=1S/C18H21NO3/c1-14(20)13-19-11-12-22-17-9-7-16(8-10-17)18(21)15-5-3-2-4-6-15/h2-10,14,19-20H,11-13H2,1H3/p+1/t14-/m0/s1. The number of carbonyl (C=O) groups is 1. The van der Waals surface area contributed by atoms with Crippen molar-refractivity contribution in [1.82, 2.24) is 0 Å². The first-order chi connectivity index (χ1) is 10.7. The molecule has 4 nitrogen and oxygen atoms in total. The molecule has 0 heterocycles. The molecule has 0 spiro atoms. The minimum atomic E-state index is -0.303. The molecule has 0 aromatic heterocycles. The van der Waals surface area contributed by atoms with E-state index in [1.165, 1.54) is 0 Å². The Labute approximate surface area is 130 Å². The van der Waals surface area contributed by atoms with Crippen molar-refractivity contribution in [3.8, 4) is 5.75 Å². The number of quaternary nitrogens is 1. The van der Waals surface area contributed by atoms with Crippen LogP contribution in [0.4, 0.5) is 0 Å². The maximum absolute atomic E-state index is 12.3. The van der Waals surface area contributed by atoms with Crippen molar-refractivity contribution in [2.75, 3.05) is 19.7 Å². The lowest BCUT2D eigenvalue weighted by molar-refractivity contribution is -0.661. The molecule has 0 aliphatic carbocycles. The Morgan fingerprint density at radius 3 is 2.36 bits per heavy atom. The van der Waals surface area contributed by atoms with Crippen LogP contribution >= 0.6 is 0 Å². The first-order valence-corrected chi connectivity index (χ1v) is 7.49. The fourth-order valence-corrected chi connectivity index (χ4v) is 2.08. The molecule has 0 fully saturated rings. The number of ether oxygens (including phenoxy) is 1. The van der Waals surface area contributed by atoms with Gasteiger partial charge in [0.05, 0.1) is 6.10 Å². The average Bonchev–Trinajstić information content (AvgIpc) is 2.55. The van der Waals surface area contributed by atoms with Crippen molar-refractivity contribution in [1.29, 1.82) is 0 Å². The van der Waals surface area contributed by atoms with Crippen LogP contribution in [0.2, 0.25) is 0 Å². The average molecular weight is 300 g/mol. The van der Waals surface area contributed by atoms with E-state index in [1.54, 1.807) is 19.1 Å². The maximum Gasteiger partial charge on any atom is 0.193 e. The van der Waals surface area contributed by atoms with Gasteiger partial charge in [-0.15, -0.1) is 0 Å². The number of aliphatic hydroxyl groups is 1. The van der Waals surface area contributed by atoms with Gasteiger partial charge in [-0.25, -0.2) is 0 Å². The minimum absolute atomic E-state index is 0.0115. The normalized spacial score (nSPS) is 11.9. The Morgan fingerprint density at radius 1 is 1.09 bits per heavy atom. The van der Waals surface area contributed by atoms with E-state index < -0.39 is 0 Å². The summed E-state index contributed by atoms with van der Waals surface area (Å²) in [6, 6.07) is 16.4. The summed E-state index contributed by atoms with van der Waals surface area (Å²) in [5, 5.41) is 11.2. The zero-order valence-corrected chi connectivity index (χ0v) is 12.7. The Balaban J connectivity index is 1.84. The monoisotopic (exact) mass is 300 g/mol. The van der Waals surface area contributed by atoms with Crippen molar-refractivity contribution in [2.45, 2.75) is 13.0 Å². The van der Waals surface area contributed by atoms with Gasteiger partial charge >= 0.3 is 0 Å². The maximum atomic E-state index is 12.3. The van der Waals surface area contributed by atoms with E-state index in [0.717, 1.165) is 12.3 Å². The summed E-state index contributed by atoms with van der Waals surface area (Å²) >= 11 is 0. The number of rotatable bonds is 8. The van der Waals surface area contributed by atoms with Gasteiger partial charge in [-0.2, -0.15) is 0 Å². The Morgan fingerprint density at radius 2 is 1.73 bits per heavy atom. The van der Waals surface area contributed by atoms with Gasteiger partial charge in [0.25, 0.3) is 0 Å². The van der Waals surface area contributed by atoms with Crippen LogP contribution in [-0.4, -0.2) is 36.7 Å². The number of aliphatic hydroxyl groups excluding tert-OH is 1. The quantitative estimate of drug-likeness (QED) is 0.569. The largest absolute Gasteiger partial charge is 0.488 e. The fraction of sp³-hybridized carbons (Fsp3) is 0.278. The van der Waals surface area contributed by atoms with E-state index >= 15 is 0 Å². The van der Waals surface area contributed by atoms with Gasteiger partial charge in [-0.05, 0) is 31.2 Å². The van der Waals surface area contributed by atoms with Crippen LogP contribution in [0.25, 0.3) is 0 Å². The molecule has 0 amide bonds. The van der Waals surface area contributed by atoms with Crippen LogP contribution in [-0.2, 0) is 0 Å². The Hall–Kier alpha value is -2.17. The van der Waals surface area contributed by atoms with Crippen molar-refractivity contribution in [2.24, 2.45) is 0 Å². The summed E-state index contributed by atoms with van der Waals surface area (Å²) < 4.78 is 5.60. The van der Waals surface area contributed by atoms with Gasteiger partial charge in [0.15, 0.2) is 5.78 Å². The third-order valence-corrected chi connectivity index (χ3v) is 3.25. The molecule has 0 saturated heterocycles. The van der Waals surface area contributed by atoms with E-state index in [-0.39, 0.29) is 11.9 Å². The predicted octanol–water partition coefficient (Wildman–Crippen LogP) is 1.24. The molecule has 0 aliphatic rings.